The Morgan fingerprint density at radius 1 is 1.35 bits per heavy atom. The van der Waals surface area contributed by atoms with E-state index in [2.05, 4.69) is 5.32 Å². The number of carbonyl (C=O) groups is 2. The van der Waals surface area contributed by atoms with Gasteiger partial charge < -0.3 is 15.3 Å². The van der Waals surface area contributed by atoms with Gasteiger partial charge in [0.15, 0.2) is 0 Å². The topological polar surface area (TPSA) is 69.6 Å². The van der Waals surface area contributed by atoms with Crippen molar-refractivity contribution in [3.8, 4) is 0 Å². The third-order valence-electron chi connectivity index (χ3n) is 3.03. The molecule has 0 aromatic heterocycles. The number of benzene rings is 1. The molecule has 0 aliphatic rings. The van der Waals surface area contributed by atoms with Crippen LogP contribution in [0.2, 0.25) is 5.02 Å². The molecule has 20 heavy (non-hydrogen) atoms. The predicted molar refractivity (Wildman–Crippen MR) is 79.6 cm³/mol. The minimum Gasteiger partial charge on any atom is -0.480 e. The van der Waals surface area contributed by atoms with E-state index in [0.29, 0.717) is 10.6 Å². The Kier molecular flexibility index (Phi) is 5.82. The quantitative estimate of drug-likeness (QED) is 0.846. The van der Waals surface area contributed by atoms with Crippen LogP contribution in [0.5, 0.6) is 0 Å². The summed E-state index contributed by atoms with van der Waals surface area (Å²) < 4.78 is 0. The molecule has 5 nitrogen and oxygen atoms in total. The van der Waals surface area contributed by atoms with Crippen molar-refractivity contribution in [2.45, 2.75) is 26.8 Å². The van der Waals surface area contributed by atoms with E-state index in [-0.39, 0.29) is 0 Å². The maximum Gasteiger partial charge on any atom is 0.325 e. The first-order chi connectivity index (χ1) is 9.40. The second-order valence-electron chi connectivity index (χ2n) is 4.37. The SMILES string of the molecule is CCN(CC)c1ccc(Cl)cc1C(=O)N[C@@H](C)C(=O)O. The number of hydrogen-bond donors (Lipinski definition) is 2. The van der Waals surface area contributed by atoms with Gasteiger partial charge in [0.2, 0.25) is 0 Å². The van der Waals surface area contributed by atoms with Gasteiger partial charge >= 0.3 is 5.97 Å². The summed E-state index contributed by atoms with van der Waals surface area (Å²) in [6, 6.07) is 4.09. The van der Waals surface area contributed by atoms with E-state index < -0.39 is 17.9 Å². The average Bonchev–Trinajstić information content (AvgIpc) is 2.41. The molecule has 0 saturated heterocycles. The Balaban J connectivity index is 3.11. The Labute approximate surface area is 123 Å². The Morgan fingerprint density at radius 3 is 2.45 bits per heavy atom. The van der Waals surface area contributed by atoms with Crippen molar-refractivity contribution in [1.82, 2.24) is 5.32 Å². The molecule has 6 heteroatoms. The number of anilines is 1. The second kappa shape index (κ2) is 7.14. The summed E-state index contributed by atoms with van der Waals surface area (Å²) in [5, 5.41) is 11.7. The van der Waals surface area contributed by atoms with Crippen molar-refractivity contribution in [3.63, 3.8) is 0 Å². The highest BCUT2D eigenvalue weighted by Crippen LogP contribution is 2.24. The number of hydrogen-bond acceptors (Lipinski definition) is 3. The molecule has 1 aromatic rings. The van der Waals surface area contributed by atoms with Crippen LogP contribution in [-0.2, 0) is 4.79 Å². The van der Waals surface area contributed by atoms with Crippen molar-refractivity contribution in [3.05, 3.63) is 28.8 Å². The smallest absolute Gasteiger partial charge is 0.325 e. The molecule has 0 aliphatic carbocycles. The number of nitrogens with one attached hydrogen (secondary N) is 1. The lowest BCUT2D eigenvalue weighted by Gasteiger charge is -2.24. The Morgan fingerprint density at radius 2 is 1.95 bits per heavy atom. The van der Waals surface area contributed by atoms with Gasteiger partial charge in [0, 0.05) is 23.8 Å². The third kappa shape index (κ3) is 3.87. The number of nitrogens with zero attached hydrogens (tertiary/aromatic N) is 1. The molecular weight excluding hydrogens is 280 g/mol. The van der Waals surface area contributed by atoms with Crippen LogP contribution in [0.15, 0.2) is 18.2 Å². The van der Waals surface area contributed by atoms with E-state index in [4.69, 9.17) is 16.7 Å². The van der Waals surface area contributed by atoms with Gasteiger partial charge in [-0.15, -0.1) is 0 Å². The van der Waals surface area contributed by atoms with Gasteiger partial charge in [-0.05, 0) is 39.0 Å². The zero-order valence-electron chi connectivity index (χ0n) is 11.8. The lowest BCUT2D eigenvalue weighted by atomic mass is 10.1. The fraction of sp³-hybridized carbons (Fsp3) is 0.429. The van der Waals surface area contributed by atoms with Crippen LogP contribution in [-0.4, -0.2) is 36.1 Å². The van der Waals surface area contributed by atoms with Crippen LogP contribution in [0.25, 0.3) is 0 Å². The first-order valence-electron chi connectivity index (χ1n) is 6.48. The minimum atomic E-state index is -1.08. The zero-order chi connectivity index (χ0) is 15.3. The van der Waals surface area contributed by atoms with E-state index in [9.17, 15) is 9.59 Å². The summed E-state index contributed by atoms with van der Waals surface area (Å²) >= 11 is 5.94. The molecule has 2 N–H and O–H groups in total. The van der Waals surface area contributed by atoms with Crippen LogP contribution in [0.1, 0.15) is 31.1 Å². The van der Waals surface area contributed by atoms with Crippen LogP contribution in [0.3, 0.4) is 0 Å². The average molecular weight is 299 g/mol. The molecule has 1 rings (SSSR count). The third-order valence-corrected chi connectivity index (χ3v) is 3.26. The molecule has 110 valence electrons. The molecule has 0 aliphatic heterocycles. The van der Waals surface area contributed by atoms with Crippen LogP contribution >= 0.6 is 11.6 Å². The number of rotatable bonds is 6. The van der Waals surface area contributed by atoms with Crippen molar-refractivity contribution in [1.29, 1.82) is 0 Å². The van der Waals surface area contributed by atoms with Gasteiger partial charge in [-0.2, -0.15) is 0 Å². The molecule has 0 spiro atoms. The van der Waals surface area contributed by atoms with Crippen molar-refractivity contribution >= 4 is 29.2 Å². The van der Waals surface area contributed by atoms with Gasteiger partial charge in [0.25, 0.3) is 5.91 Å². The maximum absolute atomic E-state index is 12.2. The molecule has 0 bridgehead atoms. The Bertz CT molecular complexity index is 501. The molecule has 0 saturated carbocycles. The molecule has 1 aromatic carbocycles. The van der Waals surface area contributed by atoms with Gasteiger partial charge in [-0.25, -0.2) is 0 Å². The first-order valence-corrected chi connectivity index (χ1v) is 6.86. The normalized spacial score (nSPS) is 11.8. The van der Waals surface area contributed by atoms with Crippen LogP contribution in [0.4, 0.5) is 5.69 Å². The van der Waals surface area contributed by atoms with Gasteiger partial charge in [-0.1, -0.05) is 11.6 Å². The number of carboxylic acids is 1. The van der Waals surface area contributed by atoms with Gasteiger partial charge in [0.05, 0.1) is 5.56 Å². The summed E-state index contributed by atoms with van der Waals surface area (Å²) in [6.07, 6.45) is 0. The summed E-state index contributed by atoms with van der Waals surface area (Å²) in [5.74, 6) is -1.52. The van der Waals surface area contributed by atoms with Crippen molar-refractivity contribution < 1.29 is 14.7 Å². The van der Waals surface area contributed by atoms with Crippen LogP contribution in [0, 0.1) is 0 Å². The minimum absolute atomic E-state index is 0.384. The zero-order valence-corrected chi connectivity index (χ0v) is 12.6. The lowest BCUT2D eigenvalue weighted by Crippen LogP contribution is -2.39. The fourth-order valence-electron chi connectivity index (χ4n) is 1.87. The highest BCUT2D eigenvalue weighted by atomic mass is 35.5. The number of aliphatic carboxylic acids is 1. The number of carbonyl (C=O) groups excluding carboxylic acids is 1. The molecular formula is C14H19ClN2O3. The van der Waals surface area contributed by atoms with Gasteiger partial charge in [-0.3, -0.25) is 9.59 Å². The Hall–Kier alpha value is -1.75. The van der Waals surface area contributed by atoms with E-state index >= 15 is 0 Å². The summed E-state index contributed by atoms with van der Waals surface area (Å²) in [6.45, 7) is 6.88. The van der Waals surface area contributed by atoms with Crippen LogP contribution < -0.4 is 10.2 Å². The summed E-state index contributed by atoms with van der Waals surface area (Å²) in [7, 11) is 0. The number of halogens is 1. The predicted octanol–water partition coefficient (Wildman–Crippen LogP) is 2.39. The first kappa shape index (κ1) is 16.3. The second-order valence-corrected chi connectivity index (χ2v) is 4.80. The maximum atomic E-state index is 12.2. The summed E-state index contributed by atoms with van der Waals surface area (Å²) in [5.41, 5.74) is 1.13. The largest absolute Gasteiger partial charge is 0.480 e. The lowest BCUT2D eigenvalue weighted by molar-refractivity contribution is -0.138. The highest BCUT2D eigenvalue weighted by Gasteiger charge is 2.19. The molecule has 0 unspecified atom stereocenters. The standard InChI is InChI=1S/C14H19ClN2O3/c1-4-17(5-2)12-7-6-10(15)8-11(12)13(18)16-9(3)14(19)20/h6-9H,4-5H2,1-3H3,(H,16,18)(H,19,20)/t9-/m0/s1. The summed E-state index contributed by atoms with van der Waals surface area (Å²) in [4.78, 5) is 25.0. The van der Waals surface area contributed by atoms with Crippen molar-refractivity contribution in [2.75, 3.05) is 18.0 Å². The molecule has 1 atom stereocenters. The van der Waals surface area contributed by atoms with E-state index in [1.807, 2.05) is 18.7 Å². The van der Waals surface area contributed by atoms with E-state index in [0.717, 1.165) is 18.8 Å². The monoisotopic (exact) mass is 298 g/mol. The van der Waals surface area contributed by atoms with E-state index in [1.165, 1.54) is 6.92 Å². The molecule has 0 heterocycles. The number of carboxylic acid groups (broad SMARTS) is 1. The molecule has 1 amide bonds. The molecule has 0 radical (unpaired) electrons. The van der Waals surface area contributed by atoms with E-state index in [1.54, 1.807) is 18.2 Å². The van der Waals surface area contributed by atoms with Crippen molar-refractivity contribution in [2.24, 2.45) is 0 Å². The molecule has 0 fully saturated rings. The highest BCUT2D eigenvalue weighted by molar-refractivity contribution is 6.31. The fourth-order valence-corrected chi connectivity index (χ4v) is 2.04. The number of amides is 1. The van der Waals surface area contributed by atoms with Gasteiger partial charge in [0.1, 0.15) is 6.04 Å².